The maximum atomic E-state index is 13.1. The summed E-state index contributed by atoms with van der Waals surface area (Å²) in [6, 6.07) is 3.06. The van der Waals surface area contributed by atoms with E-state index in [2.05, 4.69) is 4.98 Å². The molecular formula is C9H11FN2. The van der Waals surface area contributed by atoms with E-state index in [1.54, 1.807) is 12.3 Å². The van der Waals surface area contributed by atoms with Gasteiger partial charge in [0.1, 0.15) is 5.82 Å². The Balaban J connectivity index is 2.19. The lowest BCUT2D eigenvalue weighted by molar-refractivity contribution is 0.594. The lowest BCUT2D eigenvalue weighted by atomic mass is 10.2. The van der Waals surface area contributed by atoms with Gasteiger partial charge < -0.3 is 5.73 Å². The minimum atomic E-state index is -0.196. The minimum Gasteiger partial charge on any atom is -0.330 e. The molecule has 2 nitrogen and oxygen atoms in total. The maximum absolute atomic E-state index is 13.1. The number of nitrogens with zero attached hydrogens (tertiary/aromatic N) is 1. The highest BCUT2D eigenvalue weighted by Crippen LogP contribution is 2.46. The summed E-state index contributed by atoms with van der Waals surface area (Å²) in [6.07, 6.45) is 2.62. The van der Waals surface area contributed by atoms with E-state index in [1.807, 2.05) is 0 Å². The molecule has 1 heterocycles. The summed E-state index contributed by atoms with van der Waals surface area (Å²) in [7, 11) is 0. The van der Waals surface area contributed by atoms with Gasteiger partial charge in [-0.15, -0.1) is 0 Å². The van der Waals surface area contributed by atoms with Gasteiger partial charge in [-0.1, -0.05) is 0 Å². The van der Waals surface area contributed by atoms with Crippen LogP contribution in [0.5, 0.6) is 0 Å². The van der Waals surface area contributed by atoms with Crippen LogP contribution < -0.4 is 5.73 Å². The van der Waals surface area contributed by atoms with Crippen molar-refractivity contribution in [1.29, 1.82) is 0 Å². The molecule has 1 aromatic rings. The van der Waals surface area contributed by atoms with Gasteiger partial charge >= 0.3 is 0 Å². The monoisotopic (exact) mass is 166 g/mol. The van der Waals surface area contributed by atoms with Crippen LogP contribution in [0, 0.1) is 11.7 Å². The van der Waals surface area contributed by atoms with Crippen molar-refractivity contribution >= 4 is 0 Å². The van der Waals surface area contributed by atoms with E-state index in [4.69, 9.17) is 5.73 Å². The number of nitrogens with two attached hydrogens (primary N) is 1. The van der Waals surface area contributed by atoms with Crippen LogP contribution in [-0.2, 0) is 0 Å². The fraction of sp³-hybridized carbons (Fsp3) is 0.444. The predicted octanol–water partition coefficient (Wildman–Crippen LogP) is 1.28. The molecule has 12 heavy (non-hydrogen) atoms. The smallest absolute Gasteiger partial charge is 0.144 e. The molecular weight excluding hydrogens is 155 g/mol. The molecule has 2 atom stereocenters. The molecule has 0 aromatic carbocycles. The van der Waals surface area contributed by atoms with Crippen LogP contribution in [0.3, 0.4) is 0 Å². The fourth-order valence-electron chi connectivity index (χ4n) is 1.51. The van der Waals surface area contributed by atoms with Crippen molar-refractivity contribution in [1.82, 2.24) is 4.98 Å². The van der Waals surface area contributed by atoms with E-state index in [1.165, 1.54) is 6.07 Å². The standard InChI is InChI=1S/C9H11FN2/c10-8-2-1-3-12-9(8)7-4-6(7)5-11/h1-3,6-7H,4-5,11H2. The topological polar surface area (TPSA) is 38.9 Å². The number of hydrogen-bond donors (Lipinski definition) is 1. The largest absolute Gasteiger partial charge is 0.330 e. The first kappa shape index (κ1) is 7.68. The molecule has 1 aromatic heterocycles. The third-order valence-corrected chi connectivity index (χ3v) is 2.36. The zero-order chi connectivity index (χ0) is 8.55. The Morgan fingerprint density at radius 2 is 2.50 bits per heavy atom. The average molecular weight is 166 g/mol. The van der Waals surface area contributed by atoms with Crippen molar-refractivity contribution in [2.45, 2.75) is 12.3 Å². The Kier molecular flexibility index (Phi) is 1.81. The zero-order valence-electron chi connectivity index (χ0n) is 6.70. The van der Waals surface area contributed by atoms with Gasteiger partial charge in [0.25, 0.3) is 0 Å². The van der Waals surface area contributed by atoms with Crippen molar-refractivity contribution in [2.75, 3.05) is 6.54 Å². The van der Waals surface area contributed by atoms with Crippen molar-refractivity contribution in [3.63, 3.8) is 0 Å². The Morgan fingerprint density at radius 1 is 1.67 bits per heavy atom. The Hall–Kier alpha value is -0.960. The predicted molar refractivity (Wildman–Crippen MR) is 44.1 cm³/mol. The number of pyridine rings is 1. The highest BCUT2D eigenvalue weighted by Gasteiger charge is 2.39. The van der Waals surface area contributed by atoms with Gasteiger partial charge in [-0.3, -0.25) is 4.98 Å². The van der Waals surface area contributed by atoms with Gasteiger partial charge in [-0.05, 0) is 31.0 Å². The second kappa shape index (κ2) is 2.83. The highest BCUT2D eigenvalue weighted by molar-refractivity contribution is 5.19. The van der Waals surface area contributed by atoms with Crippen LogP contribution in [0.1, 0.15) is 18.0 Å². The Labute approximate surface area is 70.6 Å². The zero-order valence-corrected chi connectivity index (χ0v) is 6.70. The first-order valence-electron chi connectivity index (χ1n) is 4.13. The molecule has 64 valence electrons. The second-order valence-corrected chi connectivity index (χ2v) is 3.21. The molecule has 0 amide bonds. The number of halogens is 1. The molecule has 1 saturated carbocycles. The van der Waals surface area contributed by atoms with Crippen molar-refractivity contribution in [2.24, 2.45) is 11.7 Å². The van der Waals surface area contributed by atoms with Gasteiger partial charge in [0.15, 0.2) is 0 Å². The molecule has 0 aliphatic heterocycles. The lowest BCUT2D eigenvalue weighted by Gasteiger charge is -1.98. The number of rotatable bonds is 2. The van der Waals surface area contributed by atoms with Crippen LogP contribution in [0.4, 0.5) is 4.39 Å². The summed E-state index contributed by atoms with van der Waals surface area (Å²) >= 11 is 0. The summed E-state index contributed by atoms with van der Waals surface area (Å²) in [5, 5.41) is 0. The van der Waals surface area contributed by atoms with Crippen LogP contribution in [0.2, 0.25) is 0 Å². The van der Waals surface area contributed by atoms with E-state index in [9.17, 15) is 4.39 Å². The lowest BCUT2D eigenvalue weighted by Crippen LogP contribution is -2.03. The van der Waals surface area contributed by atoms with Gasteiger partial charge in [0.2, 0.25) is 0 Å². The SMILES string of the molecule is NCC1CC1c1ncccc1F. The molecule has 3 heteroatoms. The van der Waals surface area contributed by atoms with Crippen molar-refractivity contribution in [3.8, 4) is 0 Å². The maximum Gasteiger partial charge on any atom is 0.144 e. The Bertz CT molecular complexity index is 288. The fourth-order valence-corrected chi connectivity index (χ4v) is 1.51. The summed E-state index contributed by atoms with van der Waals surface area (Å²) in [4.78, 5) is 4.01. The van der Waals surface area contributed by atoms with Gasteiger partial charge in [-0.25, -0.2) is 4.39 Å². The van der Waals surface area contributed by atoms with Crippen molar-refractivity contribution in [3.05, 3.63) is 29.8 Å². The minimum absolute atomic E-state index is 0.196. The third kappa shape index (κ3) is 1.20. The van der Waals surface area contributed by atoms with E-state index < -0.39 is 0 Å². The van der Waals surface area contributed by atoms with Gasteiger partial charge in [0, 0.05) is 12.1 Å². The number of hydrogen-bond acceptors (Lipinski definition) is 2. The normalized spacial score (nSPS) is 27.2. The van der Waals surface area contributed by atoms with Crippen LogP contribution in [-0.4, -0.2) is 11.5 Å². The molecule has 0 bridgehead atoms. The van der Waals surface area contributed by atoms with Crippen LogP contribution in [0.25, 0.3) is 0 Å². The number of aromatic nitrogens is 1. The first-order valence-corrected chi connectivity index (χ1v) is 4.13. The molecule has 1 fully saturated rings. The average Bonchev–Trinajstić information content (AvgIpc) is 2.84. The van der Waals surface area contributed by atoms with E-state index in [0.29, 0.717) is 18.2 Å². The molecule has 0 spiro atoms. The third-order valence-electron chi connectivity index (χ3n) is 2.36. The highest BCUT2D eigenvalue weighted by atomic mass is 19.1. The van der Waals surface area contributed by atoms with Crippen molar-refractivity contribution < 1.29 is 4.39 Å². The first-order chi connectivity index (χ1) is 5.83. The molecule has 0 radical (unpaired) electrons. The van der Waals surface area contributed by atoms with E-state index in [0.717, 1.165) is 6.42 Å². The Morgan fingerprint density at radius 3 is 3.08 bits per heavy atom. The summed E-state index contributed by atoms with van der Waals surface area (Å²) in [5.41, 5.74) is 6.05. The molecule has 1 aliphatic carbocycles. The summed E-state index contributed by atoms with van der Waals surface area (Å²) < 4.78 is 13.1. The van der Waals surface area contributed by atoms with E-state index >= 15 is 0 Å². The van der Waals surface area contributed by atoms with Crippen LogP contribution >= 0.6 is 0 Å². The summed E-state index contributed by atoms with van der Waals surface area (Å²) in [5.74, 6) is 0.532. The quantitative estimate of drug-likeness (QED) is 0.718. The molecule has 1 aliphatic rings. The van der Waals surface area contributed by atoms with Gasteiger partial charge in [-0.2, -0.15) is 0 Å². The molecule has 2 rings (SSSR count). The molecule has 0 saturated heterocycles. The second-order valence-electron chi connectivity index (χ2n) is 3.21. The van der Waals surface area contributed by atoms with Crippen LogP contribution in [0.15, 0.2) is 18.3 Å². The van der Waals surface area contributed by atoms with E-state index in [-0.39, 0.29) is 11.7 Å². The van der Waals surface area contributed by atoms with Gasteiger partial charge in [0.05, 0.1) is 5.69 Å². The summed E-state index contributed by atoms with van der Waals surface area (Å²) in [6.45, 7) is 0.640. The molecule has 2 N–H and O–H groups in total. The molecule has 2 unspecified atom stereocenters.